The van der Waals surface area contributed by atoms with E-state index in [-0.39, 0.29) is 0 Å². The molecule has 1 rings (SSSR count). The Hall–Kier alpha value is -0.683. The van der Waals surface area contributed by atoms with E-state index in [1.807, 2.05) is 7.11 Å². The Morgan fingerprint density at radius 1 is 0.962 bits per heavy atom. The fourth-order valence-corrected chi connectivity index (χ4v) is 7.86. The summed E-state index contributed by atoms with van der Waals surface area (Å²) in [5.41, 5.74) is 1.79. The third kappa shape index (κ3) is 8.34. The van der Waals surface area contributed by atoms with Gasteiger partial charge in [0, 0.05) is 7.11 Å². The first kappa shape index (κ1) is 23.4. The first-order valence-electron chi connectivity index (χ1n) is 10.1. The van der Waals surface area contributed by atoms with E-state index in [9.17, 15) is 0 Å². The topological polar surface area (TPSA) is 15.7 Å². The Balaban J connectivity index is 2.87. The molecule has 0 heterocycles. The van der Waals surface area contributed by atoms with Crippen LogP contribution in [0.5, 0.6) is 0 Å². The lowest BCUT2D eigenvalue weighted by atomic mass is 9.85. The molecule has 0 spiro atoms. The van der Waals surface area contributed by atoms with Crippen LogP contribution in [0.25, 0.3) is 0 Å². The van der Waals surface area contributed by atoms with Crippen molar-refractivity contribution in [2.75, 3.05) is 48.4 Å². The fourth-order valence-electron chi connectivity index (χ4n) is 3.79. The molecule has 0 amide bonds. The highest BCUT2D eigenvalue weighted by Gasteiger charge is 2.39. The molecule has 4 heteroatoms. The molecule has 0 fully saturated rings. The molecule has 150 valence electrons. The van der Waals surface area contributed by atoms with Crippen LogP contribution in [0.15, 0.2) is 30.3 Å². The van der Waals surface area contributed by atoms with Gasteiger partial charge >= 0.3 is 0 Å². The minimum atomic E-state index is -1.74. The Morgan fingerprint density at radius 3 is 1.92 bits per heavy atom. The van der Waals surface area contributed by atoms with Crippen molar-refractivity contribution in [3.8, 4) is 0 Å². The highest BCUT2D eigenvalue weighted by Crippen LogP contribution is 2.40. The van der Waals surface area contributed by atoms with Gasteiger partial charge in [-0.3, -0.25) is 0 Å². The van der Waals surface area contributed by atoms with E-state index in [0.29, 0.717) is 5.41 Å². The van der Waals surface area contributed by atoms with Crippen LogP contribution in [0.4, 0.5) is 0 Å². The zero-order valence-corrected chi connectivity index (χ0v) is 19.3. The van der Waals surface area contributed by atoms with Crippen LogP contribution in [-0.4, -0.2) is 66.5 Å². The molecule has 1 atom stereocenters. The number of benzene rings is 1. The second-order valence-electron chi connectivity index (χ2n) is 8.82. The second-order valence-corrected chi connectivity index (χ2v) is 13.2. The smallest absolute Gasteiger partial charge is 0.192 e. The van der Waals surface area contributed by atoms with E-state index in [4.69, 9.17) is 4.43 Å². The van der Waals surface area contributed by atoms with Gasteiger partial charge in [0.1, 0.15) is 0 Å². The van der Waals surface area contributed by atoms with Gasteiger partial charge in [-0.1, -0.05) is 44.2 Å². The summed E-state index contributed by atoms with van der Waals surface area (Å²) < 4.78 is 6.33. The monoisotopic (exact) mass is 378 g/mol. The average Bonchev–Trinajstić information content (AvgIpc) is 2.63. The molecule has 0 aliphatic rings. The van der Waals surface area contributed by atoms with Crippen molar-refractivity contribution >= 4 is 8.32 Å². The van der Waals surface area contributed by atoms with E-state index in [0.717, 1.165) is 19.5 Å². The summed E-state index contributed by atoms with van der Waals surface area (Å²) in [5.74, 6) is 0. The molecule has 3 nitrogen and oxygen atoms in total. The maximum Gasteiger partial charge on any atom is 0.192 e. The standard InChI is InChI=1S/C22H42N2OSi/c1-8-26(25-7,19-14-21-12-10-9-11-13-21)20-22(2,15-17-23(3)4)16-18-24(5)6/h9-13H,8,14-20H2,1-7H3. The van der Waals surface area contributed by atoms with E-state index in [1.54, 1.807) is 0 Å². The third-order valence-electron chi connectivity index (χ3n) is 5.86. The van der Waals surface area contributed by atoms with Crippen molar-refractivity contribution in [1.29, 1.82) is 0 Å². The Kier molecular flexibility index (Phi) is 10.1. The largest absolute Gasteiger partial charge is 0.420 e. The SMILES string of the molecule is CC[Si](CCc1ccccc1)(CC(C)(CCN(C)C)CCN(C)C)OC. The number of nitrogens with zero attached hydrogens (tertiary/aromatic N) is 2. The maximum atomic E-state index is 6.33. The minimum Gasteiger partial charge on any atom is -0.420 e. The van der Waals surface area contributed by atoms with Crippen LogP contribution in [-0.2, 0) is 10.8 Å². The lowest BCUT2D eigenvalue weighted by molar-refractivity contribution is 0.217. The Bertz CT molecular complexity index is 474. The molecular formula is C22H42N2OSi. The van der Waals surface area contributed by atoms with Crippen LogP contribution >= 0.6 is 0 Å². The van der Waals surface area contributed by atoms with Gasteiger partial charge in [0.25, 0.3) is 0 Å². The Labute approximate surface area is 163 Å². The summed E-state index contributed by atoms with van der Waals surface area (Å²) in [6.45, 7) is 7.15. The molecule has 0 aromatic heterocycles. The van der Waals surface area contributed by atoms with Crippen molar-refractivity contribution in [2.45, 2.75) is 51.2 Å². The molecule has 0 aliphatic heterocycles. The lowest BCUT2D eigenvalue weighted by Gasteiger charge is -2.40. The molecule has 0 aliphatic carbocycles. The van der Waals surface area contributed by atoms with Gasteiger partial charge in [-0.25, -0.2) is 0 Å². The summed E-state index contributed by atoms with van der Waals surface area (Å²) >= 11 is 0. The van der Waals surface area contributed by atoms with Gasteiger partial charge in [-0.15, -0.1) is 0 Å². The van der Waals surface area contributed by atoms with Crippen molar-refractivity contribution in [3.63, 3.8) is 0 Å². The third-order valence-corrected chi connectivity index (χ3v) is 10.7. The molecule has 1 aromatic rings. The van der Waals surface area contributed by atoms with Crippen LogP contribution in [0.2, 0.25) is 18.1 Å². The van der Waals surface area contributed by atoms with Crippen LogP contribution in [0.1, 0.15) is 32.3 Å². The highest BCUT2D eigenvalue weighted by atomic mass is 28.4. The fraction of sp³-hybridized carbons (Fsp3) is 0.727. The molecule has 0 N–H and O–H groups in total. The average molecular weight is 379 g/mol. The zero-order valence-electron chi connectivity index (χ0n) is 18.3. The van der Waals surface area contributed by atoms with Gasteiger partial charge in [0.15, 0.2) is 8.32 Å². The van der Waals surface area contributed by atoms with Gasteiger partial charge in [-0.2, -0.15) is 0 Å². The quantitative estimate of drug-likeness (QED) is 0.461. The summed E-state index contributed by atoms with van der Waals surface area (Å²) in [5, 5.41) is 0. The van der Waals surface area contributed by atoms with Crippen molar-refractivity contribution in [3.05, 3.63) is 35.9 Å². The van der Waals surface area contributed by atoms with Gasteiger partial charge in [0.2, 0.25) is 0 Å². The van der Waals surface area contributed by atoms with Crippen molar-refractivity contribution in [1.82, 2.24) is 9.80 Å². The first-order valence-corrected chi connectivity index (χ1v) is 12.7. The van der Waals surface area contributed by atoms with E-state index >= 15 is 0 Å². The molecule has 0 bridgehead atoms. The predicted molar refractivity (Wildman–Crippen MR) is 117 cm³/mol. The summed E-state index contributed by atoms with van der Waals surface area (Å²) in [6, 6.07) is 14.6. The number of hydrogen-bond donors (Lipinski definition) is 0. The van der Waals surface area contributed by atoms with E-state index in [2.05, 4.69) is 82.2 Å². The van der Waals surface area contributed by atoms with Crippen molar-refractivity contribution in [2.24, 2.45) is 5.41 Å². The predicted octanol–water partition coefficient (Wildman–Crippen LogP) is 4.75. The Morgan fingerprint density at radius 2 is 1.50 bits per heavy atom. The number of rotatable bonds is 13. The normalized spacial score (nSPS) is 14.8. The molecule has 1 unspecified atom stereocenters. The van der Waals surface area contributed by atoms with Crippen LogP contribution in [0, 0.1) is 5.41 Å². The van der Waals surface area contributed by atoms with Gasteiger partial charge in [0.05, 0.1) is 0 Å². The van der Waals surface area contributed by atoms with Crippen LogP contribution < -0.4 is 0 Å². The van der Waals surface area contributed by atoms with Gasteiger partial charge < -0.3 is 14.2 Å². The molecule has 1 aromatic carbocycles. The number of aryl methyl sites for hydroxylation is 1. The first-order chi connectivity index (χ1) is 12.2. The summed E-state index contributed by atoms with van der Waals surface area (Å²) in [6.07, 6.45) is 3.64. The molecule has 26 heavy (non-hydrogen) atoms. The highest BCUT2D eigenvalue weighted by molar-refractivity contribution is 6.73. The van der Waals surface area contributed by atoms with E-state index < -0.39 is 8.32 Å². The second kappa shape index (κ2) is 11.2. The molecular weight excluding hydrogens is 336 g/mol. The molecule has 0 radical (unpaired) electrons. The maximum absolute atomic E-state index is 6.33. The zero-order chi connectivity index (χ0) is 19.6. The van der Waals surface area contributed by atoms with E-state index in [1.165, 1.54) is 36.5 Å². The number of hydrogen-bond acceptors (Lipinski definition) is 3. The molecule has 0 saturated heterocycles. The van der Waals surface area contributed by atoms with Gasteiger partial charge in [-0.05, 0) is 89.7 Å². The summed E-state index contributed by atoms with van der Waals surface area (Å²) in [4.78, 5) is 4.64. The lowest BCUT2D eigenvalue weighted by Crippen LogP contribution is -2.43. The molecule has 0 saturated carbocycles. The van der Waals surface area contributed by atoms with Crippen molar-refractivity contribution < 1.29 is 4.43 Å². The summed E-state index contributed by atoms with van der Waals surface area (Å²) in [7, 11) is 8.96. The minimum absolute atomic E-state index is 0.351. The van der Waals surface area contributed by atoms with Crippen LogP contribution in [0.3, 0.4) is 0 Å².